The number of ether oxygens (including phenoxy) is 2. The van der Waals surface area contributed by atoms with Crippen LogP contribution in [0.1, 0.15) is 40.2 Å². The first-order chi connectivity index (χ1) is 11.9. The van der Waals surface area contributed by atoms with Crippen molar-refractivity contribution in [1.82, 2.24) is 4.90 Å². The number of hydrogen-bond acceptors (Lipinski definition) is 4. The zero-order valence-electron chi connectivity index (χ0n) is 17.2. The molecule has 26 heavy (non-hydrogen) atoms. The van der Waals surface area contributed by atoms with Crippen LogP contribution in [-0.4, -0.2) is 44.3 Å². The van der Waals surface area contributed by atoms with Gasteiger partial charge in [-0.3, -0.25) is 4.90 Å². The van der Waals surface area contributed by atoms with Crippen molar-refractivity contribution >= 4 is 14.4 Å². The van der Waals surface area contributed by atoms with Gasteiger partial charge in [-0.25, -0.2) is 4.79 Å². The van der Waals surface area contributed by atoms with E-state index in [-0.39, 0.29) is 23.8 Å². The van der Waals surface area contributed by atoms with Crippen molar-refractivity contribution in [3.63, 3.8) is 0 Å². The monoisotopic (exact) mass is 379 g/mol. The Hall–Kier alpha value is -1.37. The fraction of sp³-hybridized carbons (Fsp3) is 0.650. The second kappa shape index (κ2) is 7.70. The number of amides is 1. The number of carbonyl (C=O) groups excluding carboxylic acids is 1. The highest BCUT2D eigenvalue weighted by Crippen LogP contribution is 2.37. The van der Waals surface area contributed by atoms with Crippen LogP contribution in [0.4, 0.5) is 4.79 Å². The van der Waals surface area contributed by atoms with E-state index in [1.807, 2.05) is 44.2 Å². The highest BCUT2D eigenvalue weighted by Gasteiger charge is 2.46. The number of hydrogen-bond donors (Lipinski definition) is 0. The van der Waals surface area contributed by atoms with Gasteiger partial charge in [0.2, 0.25) is 0 Å². The van der Waals surface area contributed by atoms with E-state index in [1.54, 1.807) is 4.90 Å². The van der Waals surface area contributed by atoms with Crippen LogP contribution in [0, 0.1) is 0 Å². The van der Waals surface area contributed by atoms with Crippen LogP contribution in [0.3, 0.4) is 0 Å². The van der Waals surface area contributed by atoms with E-state index in [1.165, 1.54) is 0 Å². The van der Waals surface area contributed by atoms with Crippen LogP contribution >= 0.6 is 0 Å². The maximum absolute atomic E-state index is 12.7. The molecule has 1 aromatic carbocycles. The molecule has 1 aliphatic heterocycles. The lowest BCUT2D eigenvalue weighted by atomic mass is 10.2. The highest BCUT2D eigenvalue weighted by molar-refractivity contribution is 6.74. The van der Waals surface area contributed by atoms with Gasteiger partial charge in [0.25, 0.3) is 0 Å². The van der Waals surface area contributed by atoms with Crippen LogP contribution in [0.2, 0.25) is 18.1 Å². The Balaban J connectivity index is 2.02. The van der Waals surface area contributed by atoms with Gasteiger partial charge in [-0.05, 0) is 37.5 Å². The molecule has 0 aliphatic carbocycles. The Morgan fingerprint density at radius 2 is 1.88 bits per heavy atom. The van der Waals surface area contributed by atoms with Crippen LogP contribution in [0.25, 0.3) is 0 Å². The molecule has 146 valence electrons. The summed E-state index contributed by atoms with van der Waals surface area (Å²) in [5.74, 6) is 0. The molecule has 6 heteroatoms. The molecule has 5 nitrogen and oxygen atoms in total. The fourth-order valence-electron chi connectivity index (χ4n) is 2.69. The quantitative estimate of drug-likeness (QED) is 0.691. The summed E-state index contributed by atoms with van der Waals surface area (Å²) >= 11 is 0. The van der Waals surface area contributed by atoms with Crippen molar-refractivity contribution in [2.75, 3.05) is 13.2 Å². The first-order valence-corrected chi connectivity index (χ1v) is 12.1. The maximum atomic E-state index is 12.7. The van der Waals surface area contributed by atoms with E-state index in [4.69, 9.17) is 13.9 Å². The Morgan fingerprint density at radius 3 is 2.46 bits per heavy atom. The van der Waals surface area contributed by atoms with Crippen molar-refractivity contribution < 1.29 is 18.7 Å². The lowest BCUT2D eigenvalue weighted by Gasteiger charge is -2.38. The Labute approximate surface area is 158 Å². The van der Waals surface area contributed by atoms with Gasteiger partial charge in [0.1, 0.15) is 12.3 Å². The van der Waals surface area contributed by atoms with Gasteiger partial charge in [0.05, 0.1) is 19.3 Å². The van der Waals surface area contributed by atoms with Crippen LogP contribution in [0.5, 0.6) is 0 Å². The average Bonchev–Trinajstić information content (AvgIpc) is 2.85. The van der Waals surface area contributed by atoms with Crippen LogP contribution in [-0.2, 0) is 20.5 Å². The molecular weight excluding hydrogens is 346 g/mol. The van der Waals surface area contributed by atoms with Gasteiger partial charge in [0, 0.05) is 0 Å². The Kier molecular flexibility index (Phi) is 6.20. The topological polar surface area (TPSA) is 48.0 Å². The molecule has 2 rings (SSSR count). The third kappa shape index (κ3) is 4.87. The number of benzene rings is 1. The molecule has 0 aromatic heterocycles. The van der Waals surface area contributed by atoms with E-state index in [2.05, 4.69) is 33.9 Å². The van der Waals surface area contributed by atoms with Crippen molar-refractivity contribution in [3.8, 4) is 0 Å². The van der Waals surface area contributed by atoms with E-state index in [0.29, 0.717) is 13.2 Å². The van der Waals surface area contributed by atoms with Crippen LogP contribution < -0.4 is 0 Å². The second-order valence-electron chi connectivity index (χ2n) is 8.89. The summed E-state index contributed by atoms with van der Waals surface area (Å²) in [5, 5.41) is 0.126. The van der Waals surface area contributed by atoms with Crippen molar-refractivity contribution in [2.24, 2.45) is 0 Å². The zero-order chi connectivity index (χ0) is 19.6. The minimum absolute atomic E-state index is 0.126. The predicted octanol–water partition coefficient (Wildman–Crippen LogP) is 4.78. The summed E-state index contributed by atoms with van der Waals surface area (Å²) in [6, 6.07) is 9.55. The molecule has 1 amide bonds. The predicted molar refractivity (Wildman–Crippen MR) is 105 cm³/mol. The first kappa shape index (κ1) is 20.9. The maximum Gasteiger partial charge on any atom is 0.412 e. The van der Waals surface area contributed by atoms with Gasteiger partial charge in [-0.1, -0.05) is 51.1 Å². The highest BCUT2D eigenvalue weighted by atomic mass is 28.4. The second-order valence-corrected chi connectivity index (χ2v) is 13.7. The summed E-state index contributed by atoms with van der Waals surface area (Å²) in [6.07, 6.45) is -0.361. The van der Waals surface area contributed by atoms with E-state index >= 15 is 0 Å². The van der Waals surface area contributed by atoms with Crippen molar-refractivity contribution in [1.29, 1.82) is 0 Å². The Bertz CT molecular complexity index is 610. The molecule has 0 bridgehead atoms. The molecule has 0 N–H and O–H groups in total. The standard InChI is InChI=1S/C20H33NO4Si/c1-19(2,3)26(6,7)25-15-17-14-24-20(4,5)21(17)18(22)23-13-16-11-9-8-10-12-16/h8-12,17H,13-15H2,1-7H3/t17-/m0/s1. The number of nitrogens with zero attached hydrogens (tertiary/aromatic N) is 1. The fourth-order valence-corrected chi connectivity index (χ4v) is 3.73. The molecule has 1 fully saturated rings. The minimum Gasteiger partial charge on any atom is -0.444 e. The molecule has 0 unspecified atom stereocenters. The lowest BCUT2D eigenvalue weighted by Crippen LogP contribution is -2.51. The summed E-state index contributed by atoms with van der Waals surface area (Å²) in [5.41, 5.74) is 0.266. The number of rotatable bonds is 5. The third-order valence-corrected chi connectivity index (χ3v) is 9.92. The van der Waals surface area contributed by atoms with Gasteiger partial charge in [0.15, 0.2) is 8.32 Å². The SMILES string of the molecule is CC1(C)OC[C@@H](CO[Si](C)(C)C(C)(C)C)N1C(=O)OCc1ccccc1. The molecular formula is C20H33NO4Si. The number of carbonyl (C=O) groups is 1. The third-order valence-electron chi connectivity index (χ3n) is 5.42. The minimum atomic E-state index is -1.89. The first-order valence-electron chi connectivity index (χ1n) is 9.22. The van der Waals surface area contributed by atoms with Gasteiger partial charge >= 0.3 is 6.09 Å². The average molecular weight is 380 g/mol. The molecule has 0 radical (unpaired) electrons. The van der Waals surface area contributed by atoms with Gasteiger partial charge < -0.3 is 13.9 Å². The smallest absolute Gasteiger partial charge is 0.412 e. The molecule has 1 heterocycles. The van der Waals surface area contributed by atoms with Gasteiger partial charge in [-0.2, -0.15) is 0 Å². The molecule has 1 aliphatic rings. The molecule has 0 saturated carbocycles. The molecule has 1 saturated heterocycles. The molecule has 1 aromatic rings. The summed E-state index contributed by atoms with van der Waals surface area (Å²) < 4.78 is 17.7. The summed E-state index contributed by atoms with van der Waals surface area (Å²) in [7, 11) is -1.89. The Morgan fingerprint density at radius 1 is 1.27 bits per heavy atom. The van der Waals surface area contributed by atoms with E-state index < -0.39 is 14.0 Å². The summed E-state index contributed by atoms with van der Waals surface area (Å²) in [4.78, 5) is 14.4. The zero-order valence-corrected chi connectivity index (χ0v) is 18.2. The molecule has 1 atom stereocenters. The van der Waals surface area contributed by atoms with E-state index in [0.717, 1.165) is 5.56 Å². The van der Waals surface area contributed by atoms with Gasteiger partial charge in [-0.15, -0.1) is 0 Å². The normalized spacial score (nSPS) is 20.3. The van der Waals surface area contributed by atoms with E-state index in [9.17, 15) is 4.79 Å². The summed E-state index contributed by atoms with van der Waals surface area (Å²) in [6.45, 7) is 16.0. The van der Waals surface area contributed by atoms with Crippen LogP contribution in [0.15, 0.2) is 30.3 Å². The lowest BCUT2D eigenvalue weighted by molar-refractivity contribution is -0.0505. The van der Waals surface area contributed by atoms with Crippen molar-refractivity contribution in [3.05, 3.63) is 35.9 Å². The largest absolute Gasteiger partial charge is 0.444 e. The van der Waals surface area contributed by atoms with Crippen molar-refractivity contribution in [2.45, 2.75) is 71.1 Å². The molecule has 0 spiro atoms.